The molecule has 15 heavy (non-hydrogen) atoms. The van der Waals surface area contributed by atoms with Crippen LogP contribution >= 0.6 is 0 Å². The van der Waals surface area contributed by atoms with Crippen LogP contribution in [0.4, 0.5) is 0 Å². The van der Waals surface area contributed by atoms with Crippen LogP contribution in [0.2, 0.25) is 0 Å². The van der Waals surface area contributed by atoms with Crippen molar-refractivity contribution < 1.29 is 9.84 Å². The number of hydrogen-bond acceptors (Lipinski definition) is 3. The third-order valence-electron chi connectivity index (χ3n) is 4.06. The van der Waals surface area contributed by atoms with Crippen molar-refractivity contribution in [3.8, 4) is 0 Å². The van der Waals surface area contributed by atoms with Crippen LogP contribution in [0.25, 0.3) is 0 Å². The Kier molecular flexibility index (Phi) is 2.25. The summed E-state index contributed by atoms with van der Waals surface area (Å²) < 4.78 is 5.66. The molecule has 3 aliphatic heterocycles. The van der Waals surface area contributed by atoms with Gasteiger partial charge in [0.2, 0.25) is 0 Å². The Labute approximate surface area is 90.7 Å². The zero-order valence-corrected chi connectivity index (χ0v) is 9.11. The number of ether oxygens (including phenoxy) is 1. The Morgan fingerprint density at radius 3 is 3.13 bits per heavy atom. The van der Waals surface area contributed by atoms with Crippen molar-refractivity contribution in [2.75, 3.05) is 19.7 Å². The van der Waals surface area contributed by atoms with Crippen LogP contribution in [0.15, 0.2) is 11.8 Å². The summed E-state index contributed by atoms with van der Waals surface area (Å²) in [6.45, 7) is 2.96. The summed E-state index contributed by atoms with van der Waals surface area (Å²) in [7, 11) is 0. The van der Waals surface area contributed by atoms with E-state index in [0.717, 1.165) is 51.1 Å². The lowest BCUT2D eigenvalue weighted by Crippen LogP contribution is -2.44. The monoisotopic (exact) mass is 209 g/mol. The van der Waals surface area contributed by atoms with Crippen LogP contribution in [0.5, 0.6) is 0 Å². The number of allylic oxidation sites excluding steroid dienone is 1. The van der Waals surface area contributed by atoms with Crippen LogP contribution in [-0.4, -0.2) is 41.3 Å². The maximum atomic E-state index is 10.8. The highest BCUT2D eigenvalue weighted by Crippen LogP contribution is 2.41. The molecular formula is C12H19NO2. The number of nitrogens with zero attached hydrogens (tertiary/aromatic N) is 1. The van der Waals surface area contributed by atoms with E-state index in [9.17, 15) is 5.11 Å². The van der Waals surface area contributed by atoms with Crippen molar-refractivity contribution in [2.45, 2.75) is 43.7 Å². The molecule has 84 valence electrons. The van der Waals surface area contributed by atoms with Gasteiger partial charge in [-0.2, -0.15) is 0 Å². The van der Waals surface area contributed by atoms with Crippen molar-refractivity contribution in [3.63, 3.8) is 0 Å². The third-order valence-corrected chi connectivity index (χ3v) is 4.06. The minimum absolute atomic E-state index is 0.321. The van der Waals surface area contributed by atoms with Gasteiger partial charge in [-0.1, -0.05) is 0 Å². The van der Waals surface area contributed by atoms with Crippen molar-refractivity contribution in [2.24, 2.45) is 0 Å². The first-order valence-electron chi connectivity index (χ1n) is 6.10. The zero-order chi connectivity index (χ0) is 10.3. The SMILES string of the molecule is OC1(C2=CCCCO2)CCN2CCCC21. The van der Waals surface area contributed by atoms with Crippen molar-refractivity contribution in [1.29, 1.82) is 0 Å². The van der Waals surface area contributed by atoms with Crippen LogP contribution in [0, 0.1) is 0 Å². The average Bonchev–Trinajstić information content (AvgIpc) is 2.85. The quantitative estimate of drug-likeness (QED) is 0.706. The molecule has 0 bridgehead atoms. The molecule has 0 saturated carbocycles. The van der Waals surface area contributed by atoms with Gasteiger partial charge in [-0.3, -0.25) is 4.90 Å². The lowest BCUT2D eigenvalue weighted by Gasteiger charge is -2.33. The molecule has 3 nitrogen and oxygen atoms in total. The van der Waals surface area contributed by atoms with E-state index >= 15 is 0 Å². The highest BCUT2D eigenvalue weighted by atomic mass is 16.5. The number of hydrogen-bond donors (Lipinski definition) is 1. The lowest BCUT2D eigenvalue weighted by atomic mass is 9.89. The van der Waals surface area contributed by atoms with Gasteiger partial charge in [-0.15, -0.1) is 0 Å². The highest BCUT2D eigenvalue weighted by Gasteiger charge is 2.51. The van der Waals surface area contributed by atoms with E-state index in [0.29, 0.717) is 6.04 Å². The van der Waals surface area contributed by atoms with Crippen molar-refractivity contribution in [3.05, 3.63) is 11.8 Å². The zero-order valence-electron chi connectivity index (χ0n) is 9.11. The second-order valence-electron chi connectivity index (χ2n) is 4.93. The van der Waals surface area contributed by atoms with Gasteiger partial charge in [-0.25, -0.2) is 0 Å². The van der Waals surface area contributed by atoms with Gasteiger partial charge in [0, 0.05) is 12.6 Å². The van der Waals surface area contributed by atoms with E-state index in [2.05, 4.69) is 11.0 Å². The third kappa shape index (κ3) is 1.41. The first-order valence-corrected chi connectivity index (χ1v) is 6.10. The molecule has 3 aliphatic rings. The summed E-state index contributed by atoms with van der Waals surface area (Å²) in [5.74, 6) is 0.864. The minimum atomic E-state index is -0.670. The fourth-order valence-corrected chi connectivity index (χ4v) is 3.26. The molecule has 3 rings (SSSR count). The molecule has 0 aromatic carbocycles. The number of fused-ring (bicyclic) bond motifs is 1. The highest BCUT2D eigenvalue weighted by molar-refractivity contribution is 5.20. The van der Waals surface area contributed by atoms with E-state index < -0.39 is 5.60 Å². The van der Waals surface area contributed by atoms with Gasteiger partial charge in [0.25, 0.3) is 0 Å². The Bertz CT molecular complexity index is 289. The molecule has 0 aromatic heterocycles. The first-order chi connectivity index (χ1) is 7.31. The summed E-state index contributed by atoms with van der Waals surface area (Å²) in [6.07, 6.45) is 7.45. The topological polar surface area (TPSA) is 32.7 Å². The van der Waals surface area contributed by atoms with Gasteiger partial charge in [-0.05, 0) is 44.7 Å². The first kappa shape index (κ1) is 9.67. The van der Waals surface area contributed by atoms with Crippen molar-refractivity contribution in [1.82, 2.24) is 4.90 Å². The Morgan fingerprint density at radius 2 is 2.33 bits per heavy atom. The average molecular weight is 209 g/mol. The van der Waals surface area contributed by atoms with Crippen LogP contribution < -0.4 is 0 Å². The molecule has 0 spiro atoms. The molecule has 0 radical (unpaired) electrons. The van der Waals surface area contributed by atoms with Gasteiger partial charge < -0.3 is 9.84 Å². The molecule has 2 fully saturated rings. The molecule has 1 N–H and O–H groups in total. The molecule has 2 saturated heterocycles. The molecule has 3 heterocycles. The van der Waals surface area contributed by atoms with Gasteiger partial charge in [0.1, 0.15) is 11.4 Å². The van der Waals surface area contributed by atoms with Crippen LogP contribution in [0.1, 0.15) is 32.1 Å². The maximum absolute atomic E-state index is 10.8. The summed E-state index contributed by atoms with van der Waals surface area (Å²) >= 11 is 0. The fraction of sp³-hybridized carbons (Fsp3) is 0.833. The normalized spacial score (nSPS) is 41.1. The Hall–Kier alpha value is -0.540. The molecule has 2 atom stereocenters. The second kappa shape index (κ2) is 3.49. The standard InChI is InChI=1S/C12H19NO2/c14-12(11-5-1-2-9-15-11)6-8-13-7-3-4-10(12)13/h5,10,14H,1-4,6-9H2. The minimum Gasteiger partial charge on any atom is -0.495 e. The van der Waals surface area contributed by atoms with E-state index in [-0.39, 0.29) is 0 Å². The fourth-order valence-electron chi connectivity index (χ4n) is 3.26. The van der Waals surface area contributed by atoms with E-state index in [1.165, 1.54) is 6.42 Å². The number of rotatable bonds is 1. The van der Waals surface area contributed by atoms with Gasteiger partial charge in [0.15, 0.2) is 0 Å². The molecule has 3 heteroatoms. The van der Waals surface area contributed by atoms with Crippen molar-refractivity contribution >= 4 is 0 Å². The molecule has 0 aliphatic carbocycles. The Balaban J connectivity index is 1.86. The summed E-state index contributed by atoms with van der Waals surface area (Å²) in [4.78, 5) is 2.42. The molecular weight excluding hydrogens is 190 g/mol. The molecule has 0 aromatic rings. The predicted octanol–water partition coefficient (Wildman–Crippen LogP) is 1.28. The maximum Gasteiger partial charge on any atom is 0.138 e. The van der Waals surface area contributed by atoms with Gasteiger partial charge >= 0.3 is 0 Å². The smallest absolute Gasteiger partial charge is 0.138 e. The molecule has 2 unspecified atom stereocenters. The van der Waals surface area contributed by atoms with E-state index in [4.69, 9.17) is 4.74 Å². The predicted molar refractivity (Wildman–Crippen MR) is 57.4 cm³/mol. The van der Waals surface area contributed by atoms with Gasteiger partial charge in [0.05, 0.1) is 6.61 Å². The second-order valence-corrected chi connectivity index (χ2v) is 4.93. The van der Waals surface area contributed by atoms with Crippen LogP contribution in [-0.2, 0) is 4.74 Å². The largest absolute Gasteiger partial charge is 0.495 e. The lowest BCUT2D eigenvalue weighted by molar-refractivity contribution is -0.0142. The number of aliphatic hydroxyl groups is 1. The Morgan fingerprint density at radius 1 is 1.40 bits per heavy atom. The van der Waals surface area contributed by atoms with E-state index in [1.807, 2.05) is 0 Å². The molecule has 0 amide bonds. The van der Waals surface area contributed by atoms with E-state index in [1.54, 1.807) is 0 Å². The van der Waals surface area contributed by atoms with Crippen LogP contribution in [0.3, 0.4) is 0 Å². The summed E-state index contributed by atoms with van der Waals surface area (Å²) in [5, 5.41) is 10.8. The summed E-state index contributed by atoms with van der Waals surface area (Å²) in [6, 6.07) is 0.321. The summed E-state index contributed by atoms with van der Waals surface area (Å²) in [5.41, 5.74) is -0.670.